The number of piperazine rings is 1. The number of rotatable bonds is 3. The number of benzene rings is 1. The molecule has 7 heteroatoms. The number of carbonyl (C=O) groups is 1. The molecule has 1 aliphatic carbocycles. The summed E-state index contributed by atoms with van der Waals surface area (Å²) in [7, 11) is -3.24. The van der Waals surface area contributed by atoms with Crippen molar-refractivity contribution in [2.75, 3.05) is 26.2 Å². The van der Waals surface area contributed by atoms with Gasteiger partial charge in [-0.2, -0.15) is 0 Å². The van der Waals surface area contributed by atoms with Gasteiger partial charge < -0.3 is 10.2 Å². The van der Waals surface area contributed by atoms with Crippen LogP contribution in [0.2, 0.25) is 0 Å². The third-order valence-electron chi connectivity index (χ3n) is 4.58. The van der Waals surface area contributed by atoms with Crippen LogP contribution in [-0.4, -0.2) is 50.7 Å². The lowest BCUT2D eigenvalue weighted by molar-refractivity contribution is 0.0735. The molecular formula is C16H23ClN2O3S. The maximum atomic E-state index is 12.5. The summed E-state index contributed by atoms with van der Waals surface area (Å²) in [6.07, 6.45) is 3.49. The van der Waals surface area contributed by atoms with Crippen molar-refractivity contribution in [3.05, 3.63) is 29.8 Å². The Hall–Kier alpha value is -1.11. The van der Waals surface area contributed by atoms with Crippen molar-refractivity contribution < 1.29 is 13.2 Å². The molecule has 128 valence electrons. The van der Waals surface area contributed by atoms with Gasteiger partial charge in [0.25, 0.3) is 5.91 Å². The van der Waals surface area contributed by atoms with E-state index < -0.39 is 9.84 Å². The van der Waals surface area contributed by atoms with Gasteiger partial charge in [0.1, 0.15) is 0 Å². The van der Waals surface area contributed by atoms with Crippen molar-refractivity contribution in [1.29, 1.82) is 0 Å². The first-order chi connectivity index (χ1) is 10.6. The van der Waals surface area contributed by atoms with Crippen LogP contribution in [0.25, 0.3) is 0 Å². The molecule has 0 bridgehead atoms. The predicted octanol–water partition coefficient (Wildman–Crippen LogP) is 1.87. The van der Waals surface area contributed by atoms with Gasteiger partial charge in [0, 0.05) is 31.7 Å². The summed E-state index contributed by atoms with van der Waals surface area (Å²) in [4.78, 5) is 14.5. The van der Waals surface area contributed by atoms with Gasteiger partial charge in [-0.05, 0) is 37.1 Å². The molecule has 0 radical (unpaired) electrons. The van der Waals surface area contributed by atoms with Gasteiger partial charge >= 0.3 is 0 Å². The molecule has 1 N–H and O–H groups in total. The quantitative estimate of drug-likeness (QED) is 0.895. The third kappa shape index (κ3) is 3.87. The molecule has 1 heterocycles. The SMILES string of the molecule is Cl.O=C(c1ccc(S(=O)(=O)C2CCCC2)cc1)N1CCNCC1. The Kier molecular flexibility index (Phi) is 6.06. The Morgan fingerprint density at radius 1 is 1.04 bits per heavy atom. The molecule has 0 spiro atoms. The highest BCUT2D eigenvalue weighted by atomic mass is 35.5. The standard InChI is InChI=1S/C16H22N2O3S.ClH/c19-16(18-11-9-17-10-12-18)13-5-7-15(8-6-13)22(20,21)14-3-1-2-4-14;/h5-8,14,17H,1-4,9-12H2;1H. The zero-order chi connectivity index (χ0) is 15.6. The molecule has 1 amide bonds. The largest absolute Gasteiger partial charge is 0.336 e. The Morgan fingerprint density at radius 3 is 2.17 bits per heavy atom. The monoisotopic (exact) mass is 358 g/mol. The summed E-state index contributed by atoms with van der Waals surface area (Å²) in [6, 6.07) is 6.46. The van der Waals surface area contributed by atoms with Gasteiger partial charge in [0.2, 0.25) is 0 Å². The van der Waals surface area contributed by atoms with Gasteiger partial charge in [0.15, 0.2) is 9.84 Å². The van der Waals surface area contributed by atoms with Crippen molar-refractivity contribution in [2.45, 2.75) is 35.8 Å². The normalized spacial score (nSPS) is 19.4. The first-order valence-corrected chi connectivity index (χ1v) is 9.47. The molecule has 0 atom stereocenters. The van der Waals surface area contributed by atoms with E-state index in [1.807, 2.05) is 0 Å². The highest BCUT2D eigenvalue weighted by molar-refractivity contribution is 7.92. The van der Waals surface area contributed by atoms with Gasteiger partial charge in [-0.25, -0.2) is 8.42 Å². The molecule has 1 aromatic carbocycles. The van der Waals surface area contributed by atoms with Crippen LogP contribution in [0.1, 0.15) is 36.0 Å². The maximum absolute atomic E-state index is 12.5. The number of carbonyl (C=O) groups excluding carboxylic acids is 1. The van der Waals surface area contributed by atoms with E-state index in [0.717, 1.165) is 38.8 Å². The van der Waals surface area contributed by atoms with Crippen LogP contribution in [0, 0.1) is 0 Å². The number of sulfone groups is 1. The van der Waals surface area contributed by atoms with Crippen molar-refractivity contribution >= 4 is 28.2 Å². The smallest absolute Gasteiger partial charge is 0.253 e. The Morgan fingerprint density at radius 2 is 1.61 bits per heavy atom. The minimum atomic E-state index is -3.24. The lowest BCUT2D eigenvalue weighted by Crippen LogP contribution is -2.46. The van der Waals surface area contributed by atoms with Crippen LogP contribution in [0.3, 0.4) is 0 Å². The fourth-order valence-corrected chi connectivity index (χ4v) is 5.08. The van der Waals surface area contributed by atoms with Crippen LogP contribution in [0.5, 0.6) is 0 Å². The predicted molar refractivity (Wildman–Crippen MR) is 91.9 cm³/mol. The van der Waals surface area contributed by atoms with Crippen LogP contribution in [0.15, 0.2) is 29.2 Å². The van der Waals surface area contributed by atoms with Gasteiger partial charge in [0.05, 0.1) is 10.1 Å². The summed E-state index contributed by atoms with van der Waals surface area (Å²) in [5.41, 5.74) is 0.562. The lowest BCUT2D eigenvalue weighted by Gasteiger charge is -2.27. The highest BCUT2D eigenvalue weighted by Crippen LogP contribution is 2.29. The molecule has 2 aliphatic rings. The minimum Gasteiger partial charge on any atom is -0.336 e. The molecule has 3 rings (SSSR count). The molecular weight excluding hydrogens is 336 g/mol. The van der Waals surface area contributed by atoms with Crippen molar-refractivity contribution in [3.8, 4) is 0 Å². The van der Waals surface area contributed by atoms with E-state index in [2.05, 4.69) is 5.32 Å². The van der Waals surface area contributed by atoms with E-state index in [9.17, 15) is 13.2 Å². The topological polar surface area (TPSA) is 66.5 Å². The molecule has 1 saturated carbocycles. The van der Waals surface area contributed by atoms with Crippen LogP contribution in [0.4, 0.5) is 0 Å². The van der Waals surface area contributed by atoms with Crippen molar-refractivity contribution in [2.24, 2.45) is 0 Å². The molecule has 1 aromatic rings. The Bertz CT molecular complexity index is 634. The van der Waals surface area contributed by atoms with E-state index in [1.165, 1.54) is 0 Å². The molecule has 1 aliphatic heterocycles. The second-order valence-electron chi connectivity index (χ2n) is 6.02. The second-order valence-corrected chi connectivity index (χ2v) is 8.25. The van der Waals surface area contributed by atoms with E-state index >= 15 is 0 Å². The number of amides is 1. The Labute approximate surface area is 143 Å². The first kappa shape index (κ1) is 18.2. The maximum Gasteiger partial charge on any atom is 0.253 e. The van der Waals surface area contributed by atoms with E-state index in [4.69, 9.17) is 0 Å². The number of nitrogens with one attached hydrogen (secondary N) is 1. The van der Waals surface area contributed by atoms with Crippen LogP contribution >= 0.6 is 12.4 Å². The summed E-state index contributed by atoms with van der Waals surface area (Å²) in [6.45, 7) is 3.00. The molecule has 0 aromatic heterocycles. The zero-order valence-corrected chi connectivity index (χ0v) is 14.7. The highest BCUT2D eigenvalue weighted by Gasteiger charge is 2.30. The fourth-order valence-electron chi connectivity index (χ4n) is 3.23. The summed E-state index contributed by atoms with van der Waals surface area (Å²) < 4.78 is 25.0. The van der Waals surface area contributed by atoms with Crippen molar-refractivity contribution in [3.63, 3.8) is 0 Å². The molecule has 5 nitrogen and oxygen atoms in total. The average molecular weight is 359 g/mol. The second kappa shape index (κ2) is 7.64. The van der Waals surface area contributed by atoms with E-state index in [-0.39, 0.29) is 23.6 Å². The molecule has 1 saturated heterocycles. The molecule has 0 unspecified atom stereocenters. The van der Waals surface area contributed by atoms with Gasteiger partial charge in [-0.3, -0.25) is 4.79 Å². The van der Waals surface area contributed by atoms with Crippen LogP contribution < -0.4 is 5.32 Å². The summed E-state index contributed by atoms with van der Waals surface area (Å²) in [5, 5.41) is 2.96. The van der Waals surface area contributed by atoms with Crippen molar-refractivity contribution in [1.82, 2.24) is 10.2 Å². The van der Waals surface area contributed by atoms with E-state index in [0.29, 0.717) is 23.5 Å². The van der Waals surface area contributed by atoms with E-state index in [1.54, 1.807) is 29.2 Å². The van der Waals surface area contributed by atoms with Gasteiger partial charge in [-0.15, -0.1) is 12.4 Å². The third-order valence-corrected chi connectivity index (χ3v) is 6.85. The number of halogens is 1. The number of nitrogens with zero attached hydrogens (tertiary/aromatic N) is 1. The average Bonchev–Trinajstić information content (AvgIpc) is 3.10. The molecule has 2 fully saturated rings. The minimum absolute atomic E-state index is 0. The summed E-state index contributed by atoms with van der Waals surface area (Å²) >= 11 is 0. The Balaban J connectivity index is 0.00000192. The van der Waals surface area contributed by atoms with Gasteiger partial charge in [-0.1, -0.05) is 12.8 Å². The lowest BCUT2D eigenvalue weighted by atomic mass is 10.2. The fraction of sp³-hybridized carbons (Fsp3) is 0.562. The zero-order valence-electron chi connectivity index (χ0n) is 13.0. The van der Waals surface area contributed by atoms with Crippen LogP contribution in [-0.2, 0) is 9.84 Å². The number of hydrogen-bond donors (Lipinski definition) is 1. The first-order valence-electron chi connectivity index (χ1n) is 7.93. The molecule has 23 heavy (non-hydrogen) atoms. The summed E-state index contributed by atoms with van der Waals surface area (Å²) in [5.74, 6) is -0.0219. The number of hydrogen-bond acceptors (Lipinski definition) is 4.